The predicted octanol–water partition coefficient (Wildman–Crippen LogP) is 1.82. The third kappa shape index (κ3) is 8.00. The SMILES string of the molecule is I.NC(=O)C1CCN(CCCCN=C(N)NC2CCCCC2)CC1. The van der Waals surface area contributed by atoms with Crippen LogP contribution in [0.5, 0.6) is 0 Å². The summed E-state index contributed by atoms with van der Waals surface area (Å²) in [5.41, 5.74) is 11.3. The number of likely N-dealkylation sites (tertiary alicyclic amines) is 1. The Morgan fingerprint density at radius 2 is 1.71 bits per heavy atom. The number of rotatable bonds is 7. The van der Waals surface area contributed by atoms with Crippen LogP contribution >= 0.6 is 24.0 Å². The van der Waals surface area contributed by atoms with Gasteiger partial charge in [-0.05, 0) is 58.2 Å². The fourth-order valence-corrected chi connectivity index (χ4v) is 3.59. The van der Waals surface area contributed by atoms with E-state index < -0.39 is 0 Å². The summed E-state index contributed by atoms with van der Waals surface area (Å²) in [5, 5.41) is 3.35. The lowest BCUT2D eigenvalue weighted by atomic mass is 9.96. The molecule has 5 N–H and O–H groups in total. The summed E-state index contributed by atoms with van der Waals surface area (Å²) >= 11 is 0. The fourth-order valence-electron chi connectivity index (χ4n) is 3.59. The van der Waals surface area contributed by atoms with Gasteiger partial charge in [-0.2, -0.15) is 0 Å². The highest BCUT2D eigenvalue weighted by molar-refractivity contribution is 14.0. The van der Waals surface area contributed by atoms with Gasteiger partial charge in [0.1, 0.15) is 0 Å². The molecular formula is C17H34IN5O. The quantitative estimate of drug-likeness (QED) is 0.238. The molecule has 2 fully saturated rings. The summed E-state index contributed by atoms with van der Waals surface area (Å²) < 4.78 is 0. The van der Waals surface area contributed by atoms with Gasteiger partial charge in [0.2, 0.25) is 5.91 Å². The van der Waals surface area contributed by atoms with E-state index in [0.29, 0.717) is 12.0 Å². The number of halogens is 1. The molecule has 0 bridgehead atoms. The topological polar surface area (TPSA) is 96.7 Å². The number of carbonyl (C=O) groups excluding carboxylic acids is 1. The summed E-state index contributed by atoms with van der Waals surface area (Å²) in [7, 11) is 0. The van der Waals surface area contributed by atoms with Crippen LogP contribution in [0.4, 0.5) is 0 Å². The summed E-state index contributed by atoms with van der Waals surface area (Å²) in [5.74, 6) is 0.556. The normalized spacial score (nSPS) is 21.2. The number of piperidine rings is 1. The number of carbonyl (C=O) groups is 1. The number of primary amides is 1. The Hall–Kier alpha value is -0.570. The van der Waals surface area contributed by atoms with Crippen molar-refractivity contribution in [2.24, 2.45) is 22.4 Å². The van der Waals surface area contributed by atoms with E-state index in [4.69, 9.17) is 11.5 Å². The largest absolute Gasteiger partial charge is 0.370 e. The first-order chi connectivity index (χ1) is 11.1. The van der Waals surface area contributed by atoms with Gasteiger partial charge in [0.25, 0.3) is 0 Å². The first-order valence-electron chi connectivity index (χ1n) is 9.23. The molecule has 1 amide bonds. The van der Waals surface area contributed by atoms with Crippen LogP contribution < -0.4 is 16.8 Å². The van der Waals surface area contributed by atoms with Gasteiger partial charge in [-0.25, -0.2) is 0 Å². The highest BCUT2D eigenvalue weighted by Gasteiger charge is 2.22. The Bertz CT molecular complexity index is 390. The van der Waals surface area contributed by atoms with E-state index in [1.807, 2.05) is 0 Å². The van der Waals surface area contributed by atoms with Crippen LogP contribution in [0, 0.1) is 5.92 Å². The number of hydrogen-bond donors (Lipinski definition) is 3. The molecular weight excluding hydrogens is 417 g/mol. The number of guanidine groups is 1. The third-order valence-electron chi connectivity index (χ3n) is 5.11. The summed E-state index contributed by atoms with van der Waals surface area (Å²) in [6.07, 6.45) is 10.4. The molecule has 1 aliphatic heterocycles. The molecule has 24 heavy (non-hydrogen) atoms. The predicted molar refractivity (Wildman–Crippen MR) is 110 cm³/mol. The van der Waals surface area contributed by atoms with Crippen LogP contribution in [0.2, 0.25) is 0 Å². The summed E-state index contributed by atoms with van der Waals surface area (Å²) in [6.45, 7) is 3.85. The molecule has 0 aromatic heterocycles. The lowest BCUT2D eigenvalue weighted by Crippen LogP contribution is -2.41. The average Bonchev–Trinajstić information content (AvgIpc) is 2.56. The van der Waals surface area contributed by atoms with Crippen LogP contribution in [-0.4, -0.2) is 49.0 Å². The molecule has 0 spiro atoms. The minimum absolute atomic E-state index is 0. The van der Waals surface area contributed by atoms with Crippen molar-refractivity contribution in [2.75, 3.05) is 26.2 Å². The number of aliphatic imine (C=N–C) groups is 1. The zero-order valence-corrected chi connectivity index (χ0v) is 17.0. The van der Waals surface area contributed by atoms with Gasteiger partial charge in [-0.3, -0.25) is 9.79 Å². The molecule has 0 unspecified atom stereocenters. The van der Waals surface area contributed by atoms with Crippen molar-refractivity contribution in [3.8, 4) is 0 Å². The van der Waals surface area contributed by atoms with Crippen molar-refractivity contribution in [1.29, 1.82) is 0 Å². The van der Waals surface area contributed by atoms with Gasteiger partial charge in [0, 0.05) is 18.5 Å². The van der Waals surface area contributed by atoms with Gasteiger partial charge < -0.3 is 21.7 Å². The number of hydrogen-bond acceptors (Lipinski definition) is 3. The molecule has 2 aliphatic rings. The van der Waals surface area contributed by atoms with Gasteiger partial charge >= 0.3 is 0 Å². The van der Waals surface area contributed by atoms with Gasteiger partial charge in [-0.1, -0.05) is 19.3 Å². The number of nitrogens with one attached hydrogen (secondary N) is 1. The zero-order chi connectivity index (χ0) is 16.5. The minimum Gasteiger partial charge on any atom is -0.370 e. The first-order valence-corrected chi connectivity index (χ1v) is 9.23. The lowest BCUT2D eigenvalue weighted by molar-refractivity contribution is -0.123. The molecule has 140 valence electrons. The second-order valence-corrected chi connectivity index (χ2v) is 6.97. The maximum Gasteiger partial charge on any atom is 0.220 e. The van der Waals surface area contributed by atoms with E-state index in [0.717, 1.165) is 51.9 Å². The Balaban J connectivity index is 0.00000288. The second-order valence-electron chi connectivity index (χ2n) is 6.97. The van der Waals surface area contributed by atoms with Crippen molar-refractivity contribution in [3.63, 3.8) is 0 Å². The van der Waals surface area contributed by atoms with E-state index >= 15 is 0 Å². The first kappa shape index (κ1) is 21.5. The molecule has 0 aromatic carbocycles. The molecule has 0 atom stereocenters. The zero-order valence-electron chi connectivity index (χ0n) is 14.7. The molecule has 0 radical (unpaired) electrons. The van der Waals surface area contributed by atoms with Crippen molar-refractivity contribution in [2.45, 2.75) is 63.8 Å². The Morgan fingerprint density at radius 3 is 2.33 bits per heavy atom. The molecule has 2 rings (SSSR count). The Morgan fingerprint density at radius 1 is 1.04 bits per heavy atom. The lowest BCUT2D eigenvalue weighted by Gasteiger charge is -2.30. The van der Waals surface area contributed by atoms with Gasteiger partial charge in [-0.15, -0.1) is 24.0 Å². The van der Waals surface area contributed by atoms with Gasteiger partial charge in [0.05, 0.1) is 0 Å². The molecule has 6 nitrogen and oxygen atoms in total. The molecule has 7 heteroatoms. The number of nitrogens with two attached hydrogens (primary N) is 2. The number of nitrogens with zero attached hydrogens (tertiary/aromatic N) is 2. The van der Waals surface area contributed by atoms with Crippen LogP contribution in [0.25, 0.3) is 0 Å². The van der Waals surface area contributed by atoms with Crippen LogP contribution in [0.15, 0.2) is 4.99 Å². The van der Waals surface area contributed by atoms with E-state index in [2.05, 4.69) is 15.2 Å². The maximum atomic E-state index is 11.1. The minimum atomic E-state index is -0.139. The average molecular weight is 451 g/mol. The summed E-state index contributed by atoms with van der Waals surface area (Å²) in [6, 6.07) is 0.527. The van der Waals surface area contributed by atoms with E-state index in [1.54, 1.807) is 0 Å². The summed E-state index contributed by atoms with van der Waals surface area (Å²) in [4.78, 5) is 18.0. The van der Waals surface area contributed by atoms with Crippen molar-refractivity contribution in [3.05, 3.63) is 0 Å². The Kier molecular flexibility index (Phi) is 10.6. The third-order valence-corrected chi connectivity index (χ3v) is 5.11. The molecule has 1 heterocycles. The molecule has 1 saturated carbocycles. The van der Waals surface area contributed by atoms with E-state index in [9.17, 15) is 4.79 Å². The smallest absolute Gasteiger partial charge is 0.220 e. The standard InChI is InChI=1S/C17H33N5O.HI/c18-16(23)14-8-12-22(13-9-14)11-5-4-10-20-17(19)21-15-6-2-1-3-7-15;/h14-15H,1-13H2,(H2,18,23)(H3,19,20,21);1H. The highest BCUT2D eigenvalue weighted by atomic mass is 127. The molecule has 0 aromatic rings. The van der Waals surface area contributed by atoms with E-state index in [1.165, 1.54) is 32.1 Å². The Labute approximate surface area is 163 Å². The second kappa shape index (κ2) is 11.9. The van der Waals surface area contributed by atoms with E-state index in [-0.39, 0.29) is 35.8 Å². The van der Waals surface area contributed by atoms with Crippen LogP contribution in [0.3, 0.4) is 0 Å². The number of unbranched alkanes of at least 4 members (excludes halogenated alkanes) is 1. The van der Waals surface area contributed by atoms with Crippen LogP contribution in [-0.2, 0) is 4.79 Å². The van der Waals surface area contributed by atoms with Crippen molar-refractivity contribution < 1.29 is 4.79 Å². The van der Waals surface area contributed by atoms with Crippen LogP contribution in [0.1, 0.15) is 57.8 Å². The molecule has 1 aliphatic carbocycles. The number of amides is 1. The molecule has 1 saturated heterocycles. The fraction of sp³-hybridized carbons (Fsp3) is 0.882. The maximum absolute atomic E-state index is 11.1. The van der Waals surface area contributed by atoms with Crippen molar-refractivity contribution >= 4 is 35.8 Å². The van der Waals surface area contributed by atoms with Crippen molar-refractivity contribution in [1.82, 2.24) is 10.2 Å². The van der Waals surface area contributed by atoms with Gasteiger partial charge in [0.15, 0.2) is 5.96 Å². The highest BCUT2D eigenvalue weighted by Crippen LogP contribution is 2.17. The monoisotopic (exact) mass is 451 g/mol.